The molecule has 1 fully saturated rings. The average Bonchev–Trinajstić information content (AvgIpc) is 2.61. The predicted molar refractivity (Wildman–Crippen MR) is 61.5 cm³/mol. The van der Waals surface area contributed by atoms with Gasteiger partial charge in [0.2, 0.25) is 5.91 Å². The topological polar surface area (TPSA) is 46.3 Å². The Morgan fingerprint density at radius 2 is 2.33 bits per heavy atom. The van der Waals surface area contributed by atoms with Crippen LogP contribution in [-0.4, -0.2) is 23.1 Å². The van der Waals surface area contributed by atoms with Crippen molar-refractivity contribution in [3.8, 4) is 0 Å². The molecule has 0 radical (unpaired) electrons. The lowest BCUT2D eigenvalue weighted by Gasteiger charge is -2.31. The molecule has 3 rings (SSSR count). The van der Waals surface area contributed by atoms with Crippen molar-refractivity contribution >= 4 is 23.4 Å². The van der Waals surface area contributed by atoms with Gasteiger partial charge >= 0.3 is 0 Å². The van der Waals surface area contributed by atoms with E-state index < -0.39 is 0 Å². The molecule has 1 amide bonds. The molecule has 1 aromatic rings. The number of carbonyl (C=O) groups excluding carboxylic acids is 1. The van der Waals surface area contributed by atoms with E-state index in [1.165, 1.54) is 11.1 Å². The summed E-state index contributed by atoms with van der Waals surface area (Å²) in [5, 5.41) is 0.213. The Bertz CT molecular complexity index is 433. The molecule has 78 valence electrons. The maximum absolute atomic E-state index is 11.6. The van der Waals surface area contributed by atoms with Gasteiger partial charge in [-0.1, -0.05) is 6.07 Å². The smallest absolute Gasteiger partial charge is 0.233 e. The van der Waals surface area contributed by atoms with Gasteiger partial charge in [0.05, 0.1) is 5.75 Å². The zero-order chi connectivity index (χ0) is 10.4. The lowest BCUT2D eigenvalue weighted by Crippen LogP contribution is -2.34. The number of nitrogen functional groups attached to an aromatic ring is 1. The Labute approximate surface area is 92.6 Å². The van der Waals surface area contributed by atoms with E-state index in [2.05, 4.69) is 6.07 Å². The van der Waals surface area contributed by atoms with E-state index in [9.17, 15) is 4.79 Å². The number of anilines is 1. The number of hydrogen-bond acceptors (Lipinski definition) is 3. The van der Waals surface area contributed by atoms with E-state index in [1.54, 1.807) is 11.8 Å². The van der Waals surface area contributed by atoms with Crippen molar-refractivity contribution in [1.82, 2.24) is 4.90 Å². The van der Waals surface area contributed by atoms with Crippen molar-refractivity contribution < 1.29 is 4.79 Å². The molecule has 1 saturated heterocycles. The quantitative estimate of drug-likeness (QED) is 0.672. The maximum Gasteiger partial charge on any atom is 0.233 e. The number of benzene rings is 1. The number of nitrogens with two attached hydrogens (primary N) is 1. The van der Waals surface area contributed by atoms with Crippen molar-refractivity contribution in [3.05, 3.63) is 29.3 Å². The molecule has 1 atom stereocenters. The molecule has 0 aliphatic carbocycles. The minimum atomic E-state index is 0.213. The second-order valence-corrected chi connectivity index (χ2v) is 5.03. The molecule has 0 spiro atoms. The first kappa shape index (κ1) is 9.09. The molecule has 3 nitrogen and oxygen atoms in total. The highest BCUT2D eigenvalue weighted by atomic mass is 32.2. The predicted octanol–water partition coefficient (Wildman–Crippen LogP) is 1.40. The first-order valence-electron chi connectivity index (χ1n) is 5.05. The van der Waals surface area contributed by atoms with Crippen molar-refractivity contribution in [1.29, 1.82) is 0 Å². The molecule has 2 N–H and O–H groups in total. The van der Waals surface area contributed by atoms with E-state index in [-0.39, 0.29) is 11.3 Å². The van der Waals surface area contributed by atoms with E-state index in [4.69, 9.17) is 5.73 Å². The number of fused-ring (bicyclic) bond motifs is 3. The Kier molecular flexibility index (Phi) is 1.92. The van der Waals surface area contributed by atoms with Crippen LogP contribution in [-0.2, 0) is 11.2 Å². The lowest BCUT2D eigenvalue weighted by molar-refractivity contribution is -0.128. The van der Waals surface area contributed by atoms with E-state index in [1.807, 2.05) is 17.0 Å². The molecular weight excluding hydrogens is 208 g/mol. The summed E-state index contributed by atoms with van der Waals surface area (Å²) in [6.07, 6.45) is 0.957. The molecule has 0 saturated carbocycles. The Hall–Kier alpha value is -1.16. The Morgan fingerprint density at radius 3 is 3.20 bits per heavy atom. The summed E-state index contributed by atoms with van der Waals surface area (Å²) >= 11 is 1.71. The Morgan fingerprint density at radius 1 is 1.47 bits per heavy atom. The van der Waals surface area contributed by atoms with Crippen molar-refractivity contribution in [3.63, 3.8) is 0 Å². The zero-order valence-electron chi connectivity index (χ0n) is 8.27. The number of carbonyl (C=O) groups is 1. The zero-order valence-corrected chi connectivity index (χ0v) is 9.09. The molecule has 15 heavy (non-hydrogen) atoms. The van der Waals surface area contributed by atoms with Crippen LogP contribution in [0.15, 0.2) is 18.2 Å². The molecule has 4 heteroatoms. The van der Waals surface area contributed by atoms with Crippen LogP contribution < -0.4 is 5.73 Å². The van der Waals surface area contributed by atoms with Crippen LogP contribution in [0.5, 0.6) is 0 Å². The molecule has 0 bridgehead atoms. The highest BCUT2D eigenvalue weighted by molar-refractivity contribution is 8.00. The standard InChI is InChI=1S/C11H12N2OS/c12-8-2-1-7-3-4-13-10(14)6-15-11(13)9(7)5-8/h1-2,5,11H,3-4,6,12H2. The van der Waals surface area contributed by atoms with Gasteiger partial charge in [-0.2, -0.15) is 0 Å². The SMILES string of the molecule is Nc1ccc2c(c1)C1SCC(=O)N1CC2. The fraction of sp³-hybridized carbons (Fsp3) is 0.364. The second kappa shape index (κ2) is 3.17. The molecule has 2 aliphatic rings. The summed E-state index contributed by atoms with van der Waals surface area (Å²) < 4.78 is 0. The van der Waals surface area contributed by atoms with Crippen molar-refractivity contribution in [2.45, 2.75) is 11.8 Å². The fourth-order valence-electron chi connectivity index (χ4n) is 2.27. The highest BCUT2D eigenvalue weighted by Crippen LogP contribution is 2.43. The van der Waals surface area contributed by atoms with Gasteiger partial charge in [0.1, 0.15) is 5.37 Å². The summed E-state index contributed by atoms with van der Waals surface area (Å²) in [5.74, 6) is 0.872. The Balaban J connectivity index is 2.08. The van der Waals surface area contributed by atoms with Gasteiger partial charge in [0.15, 0.2) is 0 Å². The lowest BCUT2D eigenvalue weighted by atomic mass is 9.99. The molecule has 2 aliphatic heterocycles. The van der Waals surface area contributed by atoms with E-state index >= 15 is 0 Å². The van der Waals surface area contributed by atoms with Crippen LogP contribution in [0.2, 0.25) is 0 Å². The van der Waals surface area contributed by atoms with Gasteiger partial charge in [0.25, 0.3) is 0 Å². The normalized spacial score (nSPS) is 23.9. The van der Waals surface area contributed by atoms with E-state index in [0.29, 0.717) is 5.75 Å². The number of nitrogens with zero attached hydrogens (tertiary/aromatic N) is 1. The highest BCUT2D eigenvalue weighted by Gasteiger charge is 2.36. The summed E-state index contributed by atoms with van der Waals surface area (Å²) in [6.45, 7) is 0.855. The number of hydrogen-bond donors (Lipinski definition) is 1. The first-order chi connectivity index (χ1) is 7.25. The third-order valence-electron chi connectivity index (χ3n) is 3.03. The number of rotatable bonds is 0. The van der Waals surface area contributed by atoms with Gasteiger partial charge in [-0.15, -0.1) is 11.8 Å². The number of amides is 1. The van der Waals surface area contributed by atoms with E-state index in [0.717, 1.165) is 18.7 Å². The van der Waals surface area contributed by atoms with Gasteiger partial charge in [-0.3, -0.25) is 4.79 Å². The summed E-state index contributed by atoms with van der Waals surface area (Å²) in [5.41, 5.74) is 9.15. The molecular formula is C11H12N2OS. The third kappa shape index (κ3) is 1.32. The summed E-state index contributed by atoms with van der Waals surface area (Å²) in [7, 11) is 0. The molecule has 2 heterocycles. The van der Waals surface area contributed by atoms with Gasteiger partial charge < -0.3 is 10.6 Å². The number of thioether (sulfide) groups is 1. The van der Waals surface area contributed by atoms with Gasteiger partial charge in [-0.25, -0.2) is 0 Å². The largest absolute Gasteiger partial charge is 0.399 e. The molecule has 0 aromatic heterocycles. The van der Waals surface area contributed by atoms with Crippen LogP contribution in [0.1, 0.15) is 16.5 Å². The second-order valence-electron chi connectivity index (χ2n) is 3.96. The average molecular weight is 220 g/mol. The summed E-state index contributed by atoms with van der Waals surface area (Å²) in [4.78, 5) is 13.5. The summed E-state index contributed by atoms with van der Waals surface area (Å²) in [6, 6.07) is 6.04. The van der Waals surface area contributed by atoms with Crippen molar-refractivity contribution in [2.24, 2.45) is 0 Å². The monoisotopic (exact) mass is 220 g/mol. The van der Waals surface area contributed by atoms with Gasteiger partial charge in [-0.05, 0) is 29.7 Å². The van der Waals surface area contributed by atoms with Crippen molar-refractivity contribution in [2.75, 3.05) is 18.0 Å². The van der Waals surface area contributed by atoms with Gasteiger partial charge in [0, 0.05) is 12.2 Å². The van der Waals surface area contributed by atoms with Crippen LogP contribution in [0.4, 0.5) is 5.69 Å². The minimum Gasteiger partial charge on any atom is -0.399 e. The molecule has 1 unspecified atom stereocenters. The van der Waals surface area contributed by atoms with Crippen LogP contribution in [0.25, 0.3) is 0 Å². The molecule has 1 aromatic carbocycles. The fourth-order valence-corrected chi connectivity index (χ4v) is 3.53. The third-order valence-corrected chi connectivity index (χ3v) is 4.26. The van der Waals surface area contributed by atoms with Crippen LogP contribution in [0, 0.1) is 0 Å². The van der Waals surface area contributed by atoms with Crippen LogP contribution in [0.3, 0.4) is 0 Å². The minimum absolute atomic E-state index is 0.213. The maximum atomic E-state index is 11.6. The van der Waals surface area contributed by atoms with Crippen LogP contribution >= 0.6 is 11.8 Å². The first-order valence-corrected chi connectivity index (χ1v) is 6.10.